The minimum Gasteiger partial charge on any atom is -0.456 e. The van der Waals surface area contributed by atoms with Crippen LogP contribution in [0.3, 0.4) is 0 Å². The zero-order valence-corrected chi connectivity index (χ0v) is 28.7. The third-order valence-corrected chi connectivity index (χ3v) is 10.6. The highest BCUT2D eigenvalue weighted by Crippen LogP contribution is 2.46. The van der Waals surface area contributed by atoms with Crippen LogP contribution in [0.1, 0.15) is 0 Å². The Kier molecular flexibility index (Phi) is 6.55. The Hall–Kier alpha value is -7.10. The molecule has 0 aliphatic rings. The molecule has 3 nitrogen and oxygen atoms in total. The molecule has 0 unspecified atom stereocenters. The van der Waals surface area contributed by atoms with Crippen LogP contribution >= 0.6 is 0 Å². The number of hydrogen-bond donors (Lipinski definition) is 0. The number of furan rings is 2. The van der Waals surface area contributed by atoms with Crippen molar-refractivity contribution in [2.24, 2.45) is 0 Å². The summed E-state index contributed by atoms with van der Waals surface area (Å²) in [6.07, 6.45) is 0. The number of benzene rings is 9. The van der Waals surface area contributed by atoms with Gasteiger partial charge in [-0.3, -0.25) is 0 Å². The van der Waals surface area contributed by atoms with E-state index in [9.17, 15) is 0 Å². The van der Waals surface area contributed by atoms with Crippen LogP contribution in [0.2, 0.25) is 0 Å². The lowest BCUT2D eigenvalue weighted by molar-refractivity contribution is 0.663. The number of fused-ring (bicyclic) bond motifs is 10. The quantitative estimate of drug-likeness (QED) is 0.170. The Labute approximate surface area is 305 Å². The maximum absolute atomic E-state index is 6.88. The van der Waals surface area contributed by atoms with E-state index in [1.165, 1.54) is 27.1 Å². The van der Waals surface area contributed by atoms with Crippen molar-refractivity contribution >= 4 is 82.5 Å². The molecule has 0 N–H and O–H groups in total. The fourth-order valence-electron chi connectivity index (χ4n) is 8.24. The molecule has 9 aromatic carbocycles. The predicted octanol–water partition coefficient (Wildman–Crippen LogP) is 14.6. The minimum atomic E-state index is 0.844. The van der Waals surface area contributed by atoms with Crippen molar-refractivity contribution in [3.8, 4) is 22.3 Å². The van der Waals surface area contributed by atoms with Crippen LogP contribution in [0.4, 0.5) is 17.1 Å². The van der Waals surface area contributed by atoms with Gasteiger partial charge in [-0.25, -0.2) is 0 Å². The molecule has 2 heterocycles. The lowest BCUT2D eigenvalue weighted by atomic mass is 9.90. The van der Waals surface area contributed by atoms with E-state index in [0.717, 1.165) is 77.6 Å². The molecule has 0 atom stereocenters. The molecule has 0 saturated heterocycles. The van der Waals surface area contributed by atoms with E-state index in [4.69, 9.17) is 8.83 Å². The molecule has 248 valence electrons. The molecule has 0 radical (unpaired) electrons. The van der Waals surface area contributed by atoms with Gasteiger partial charge in [-0.1, -0.05) is 115 Å². The summed E-state index contributed by atoms with van der Waals surface area (Å²) >= 11 is 0. The van der Waals surface area contributed by atoms with Crippen LogP contribution in [0, 0.1) is 0 Å². The molecule has 0 spiro atoms. The molecular formula is C50H31NO2. The van der Waals surface area contributed by atoms with E-state index in [0.29, 0.717) is 0 Å². The van der Waals surface area contributed by atoms with E-state index < -0.39 is 0 Å². The number of nitrogens with zero attached hydrogens (tertiary/aromatic N) is 1. The van der Waals surface area contributed by atoms with E-state index in [-0.39, 0.29) is 0 Å². The zero-order valence-electron chi connectivity index (χ0n) is 28.7. The third kappa shape index (κ3) is 4.68. The van der Waals surface area contributed by atoms with Gasteiger partial charge in [0.15, 0.2) is 0 Å². The maximum Gasteiger partial charge on any atom is 0.143 e. The Morgan fingerprint density at radius 1 is 0.321 bits per heavy atom. The fraction of sp³-hybridized carbons (Fsp3) is 0. The molecule has 0 fully saturated rings. The smallest absolute Gasteiger partial charge is 0.143 e. The summed E-state index contributed by atoms with van der Waals surface area (Å²) in [4.78, 5) is 2.29. The first kappa shape index (κ1) is 29.6. The molecule has 0 aliphatic heterocycles. The van der Waals surface area contributed by atoms with Crippen molar-refractivity contribution in [1.82, 2.24) is 0 Å². The number of rotatable bonds is 5. The highest BCUT2D eigenvalue weighted by Gasteiger charge is 2.21. The van der Waals surface area contributed by atoms with Crippen molar-refractivity contribution in [3.05, 3.63) is 188 Å². The van der Waals surface area contributed by atoms with E-state index in [2.05, 4.69) is 175 Å². The van der Waals surface area contributed by atoms with Gasteiger partial charge in [-0.15, -0.1) is 0 Å². The average Bonchev–Trinajstić information content (AvgIpc) is 3.80. The molecule has 3 heteroatoms. The first-order valence-corrected chi connectivity index (χ1v) is 18.0. The number of para-hydroxylation sites is 3. The Morgan fingerprint density at radius 2 is 0.887 bits per heavy atom. The number of hydrogen-bond acceptors (Lipinski definition) is 3. The fourth-order valence-corrected chi connectivity index (χ4v) is 8.24. The van der Waals surface area contributed by atoms with Crippen LogP contribution in [0.25, 0.3) is 87.7 Å². The normalized spacial score (nSPS) is 11.8. The number of anilines is 3. The van der Waals surface area contributed by atoms with Gasteiger partial charge in [0, 0.05) is 44.2 Å². The molecule has 0 saturated carbocycles. The molecule has 0 aliphatic carbocycles. The van der Waals surface area contributed by atoms with Crippen molar-refractivity contribution in [1.29, 1.82) is 0 Å². The zero-order chi connectivity index (χ0) is 34.9. The SMILES string of the molecule is c1ccc(N(c2ccccc2)c2ccc(-c3cc(-c4cc5ccccc5c5ccccc45)cc4c3oc3ccc5oc6ccccc6c5c34)cc2)cc1. The lowest BCUT2D eigenvalue weighted by Gasteiger charge is -2.25. The van der Waals surface area contributed by atoms with E-state index >= 15 is 0 Å². The van der Waals surface area contributed by atoms with Crippen molar-refractivity contribution in [2.75, 3.05) is 4.90 Å². The molecule has 11 aromatic rings. The first-order chi connectivity index (χ1) is 26.3. The molecule has 11 rings (SSSR count). The molecule has 53 heavy (non-hydrogen) atoms. The van der Waals surface area contributed by atoms with Gasteiger partial charge in [0.1, 0.15) is 22.3 Å². The van der Waals surface area contributed by atoms with Crippen molar-refractivity contribution in [2.45, 2.75) is 0 Å². The minimum absolute atomic E-state index is 0.844. The highest BCUT2D eigenvalue weighted by molar-refractivity contribution is 6.27. The van der Waals surface area contributed by atoms with Gasteiger partial charge in [0.2, 0.25) is 0 Å². The summed E-state index contributed by atoms with van der Waals surface area (Å²) in [6.45, 7) is 0. The van der Waals surface area contributed by atoms with Crippen LogP contribution < -0.4 is 4.90 Å². The second-order valence-corrected chi connectivity index (χ2v) is 13.7. The molecule has 0 amide bonds. The second kappa shape index (κ2) is 11.7. The van der Waals surface area contributed by atoms with Crippen molar-refractivity contribution < 1.29 is 8.83 Å². The maximum atomic E-state index is 6.88. The standard InChI is InChI=1S/C50H31NO2/c1-3-14-35(15-4-1)51(36-16-5-2-6-17-36)37-25-23-32(24-26-37)43-30-34(42-29-33-13-7-8-18-38(33)39-19-9-10-20-40(39)42)31-44-49-47(53-50(43)44)28-27-46-48(49)41-21-11-12-22-45(41)52-46/h1-31H. The summed E-state index contributed by atoms with van der Waals surface area (Å²) in [5, 5.41) is 9.26. The Morgan fingerprint density at radius 3 is 1.62 bits per heavy atom. The average molecular weight is 678 g/mol. The van der Waals surface area contributed by atoms with Crippen LogP contribution in [-0.2, 0) is 0 Å². The van der Waals surface area contributed by atoms with Crippen LogP contribution in [0.5, 0.6) is 0 Å². The summed E-state index contributed by atoms with van der Waals surface area (Å²) in [5.41, 5.74) is 11.2. The third-order valence-electron chi connectivity index (χ3n) is 10.6. The monoisotopic (exact) mass is 677 g/mol. The van der Waals surface area contributed by atoms with E-state index in [1.54, 1.807) is 0 Å². The van der Waals surface area contributed by atoms with Crippen molar-refractivity contribution in [3.63, 3.8) is 0 Å². The van der Waals surface area contributed by atoms with E-state index in [1.807, 2.05) is 18.2 Å². The summed E-state index contributed by atoms with van der Waals surface area (Å²) in [5.74, 6) is 0. The van der Waals surface area contributed by atoms with Crippen LogP contribution in [0.15, 0.2) is 197 Å². The second-order valence-electron chi connectivity index (χ2n) is 13.7. The van der Waals surface area contributed by atoms with Crippen LogP contribution in [-0.4, -0.2) is 0 Å². The van der Waals surface area contributed by atoms with Gasteiger partial charge in [0.25, 0.3) is 0 Å². The molecule has 0 bridgehead atoms. The molecular weight excluding hydrogens is 647 g/mol. The van der Waals surface area contributed by atoms with Gasteiger partial charge in [-0.2, -0.15) is 0 Å². The molecule has 2 aromatic heterocycles. The Balaban J connectivity index is 1.19. The largest absolute Gasteiger partial charge is 0.456 e. The predicted molar refractivity (Wildman–Crippen MR) is 222 cm³/mol. The van der Waals surface area contributed by atoms with Gasteiger partial charge in [0.05, 0.1) is 0 Å². The van der Waals surface area contributed by atoms with Gasteiger partial charge >= 0.3 is 0 Å². The summed E-state index contributed by atoms with van der Waals surface area (Å²) in [6, 6.07) is 66.7. The van der Waals surface area contributed by atoms with Gasteiger partial charge in [-0.05, 0) is 111 Å². The highest BCUT2D eigenvalue weighted by atomic mass is 16.3. The lowest BCUT2D eigenvalue weighted by Crippen LogP contribution is -2.09. The van der Waals surface area contributed by atoms with Gasteiger partial charge < -0.3 is 13.7 Å². The Bertz CT molecular complexity index is 3120. The topological polar surface area (TPSA) is 29.5 Å². The summed E-state index contributed by atoms with van der Waals surface area (Å²) in [7, 11) is 0. The summed E-state index contributed by atoms with van der Waals surface area (Å²) < 4.78 is 13.3. The first-order valence-electron chi connectivity index (χ1n) is 18.0.